The van der Waals surface area contributed by atoms with Crippen molar-refractivity contribution in [2.45, 2.75) is 25.3 Å². The molecule has 3 aromatic rings. The minimum Gasteiger partial charge on any atom is -0.484 e. The molecule has 5 nitrogen and oxygen atoms in total. The summed E-state index contributed by atoms with van der Waals surface area (Å²) in [6.07, 6.45) is 1.77. The first-order valence-corrected chi connectivity index (χ1v) is 10.6. The Bertz CT molecular complexity index is 1070. The van der Waals surface area contributed by atoms with Crippen molar-refractivity contribution in [3.63, 3.8) is 0 Å². The molecule has 6 heteroatoms. The Morgan fingerprint density at radius 3 is 2.58 bits per heavy atom. The van der Waals surface area contributed by atoms with E-state index in [0.717, 1.165) is 22.4 Å². The summed E-state index contributed by atoms with van der Waals surface area (Å²) >= 11 is 5.99. The zero-order chi connectivity index (χ0) is 21.6. The van der Waals surface area contributed by atoms with Gasteiger partial charge in [-0.15, -0.1) is 0 Å². The van der Waals surface area contributed by atoms with Crippen LogP contribution >= 0.6 is 11.6 Å². The number of carbonyl (C=O) groups excluding carboxylic acids is 2. The van der Waals surface area contributed by atoms with Gasteiger partial charge in [0.25, 0.3) is 5.91 Å². The summed E-state index contributed by atoms with van der Waals surface area (Å²) in [4.78, 5) is 24.2. The summed E-state index contributed by atoms with van der Waals surface area (Å²) in [5.74, 6) is 0.432. The molecule has 1 aliphatic rings. The molecule has 0 saturated carbocycles. The van der Waals surface area contributed by atoms with Crippen LogP contribution in [0, 0.1) is 0 Å². The first kappa shape index (κ1) is 20.9. The maximum atomic E-state index is 12.7. The number of hydrogen-bond donors (Lipinski definition) is 2. The average Bonchev–Trinajstić information content (AvgIpc) is 2.79. The third-order valence-electron chi connectivity index (χ3n) is 5.23. The molecule has 2 amide bonds. The Morgan fingerprint density at radius 2 is 1.81 bits per heavy atom. The van der Waals surface area contributed by atoms with E-state index in [1.165, 1.54) is 0 Å². The zero-order valence-corrected chi connectivity index (χ0v) is 17.7. The first-order chi connectivity index (χ1) is 15.1. The number of aryl methyl sites for hydroxylation is 1. The van der Waals surface area contributed by atoms with Crippen LogP contribution in [0.5, 0.6) is 5.75 Å². The van der Waals surface area contributed by atoms with Crippen molar-refractivity contribution in [1.29, 1.82) is 0 Å². The summed E-state index contributed by atoms with van der Waals surface area (Å²) in [5, 5.41) is 6.60. The van der Waals surface area contributed by atoms with Gasteiger partial charge in [0.1, 0.15) is 5.75 Å². The fourth-order valence-corrected chi connectivity index (χ4v) is 3.75. The number of anilines is 1. The highest BCUT2D eigenvalue weighted by atomic mass is 35.5. The van der Waals surface area contributed by atoms with Crippen LogP contribution in [0.2, 0.25) is 5.02 Å². The summed E-state index contributed by atoms with van der Waals surface area (Å²) in [6, 6.07) is 22.8. The van der Waals surface area contributed by atoms with Crippen LogP contribution in [0.15, 0.2) is 72.8 Å². The van der Waals surface area contributed by atoms with Gasteiger partial charge < -0.3 is 15.4 Å². The van der Waals surface area contributed by atoms with Gasteiger partial charge in [-0.3, -0.25) is 9.59 Å². The predicted molar refractivity (Wildman–Crippen MR) is 121 cm³/mol. The van der Waals surface area contributed by atoms with Gasteiger partial charge in [0.05, 0.1) is 6.04 Å². The average molecular weight is 435 g/mol. The number of nitrogens with one attached hydrogen (secondary N) is 2. The highest BCUT2D eigenvalue weighted by Crippen LogP contribution is 2.27. The van der Waals surface area contributed by atoms with E-state index in [1.807, 2.05) is 66.7 Å². The molecule has 0 aliphatic carbocycles. The van der Waals surface area contributed by atoms with Crippen LogP contribution in [-0.2, 0) is 22.4 Å². The topological polar surface area (TPSA) is 67.4 Å². The van der Waals surface area contributed by atoms with Gasteiger partial charge in [0.15, 0.2) is 6.61 Å². The largest absolute Gasteiger partial charge is 0.484 e. The smallest absolute Gasteiger partial charge is 0.258 e. The van der Waals surface area contributed by atoms with Crippen molar-refractivity contribution >= 4 is 29.1 Å². The lowest BCUT2D eigenvalue weighted by atomic mass is 9.99. The van der Waals surface area contributed by atoms with E-state index in [1.54, 1.807) is 6.07 Å². The number of halogens is 1. The first-order valence-electron chi connectivity index (χ1n) is 10.2. The minimum atomic E-state index is -0.200. The number of rotatable bonds is 7. The second-order valence-electron chi connectivity index (χ2n) is 7.52. The molecule has 0 aromatic heterocycles. The molecule has 1 heterocycles. The fourth-order valence-electron chi connectivity index (χ4n) is 3.63. The van der Waals surface area contributed by atoms with E-state index in [4.69, 9.17) is 16.3 Å². The summed E-state index contributed by atoms with van der Waals surface area (Å²) in [5.41, 5.74) is 3.93. The standard InChI is InChI=1S/C25H23ClN2O3/c26-20-9-6-17(7-10-20)14-23(18-4-2-1-3-5-18)28-25(30)16-31-21-11-12-22-19(15-21)8-13-24(29)27-22/h1-7,9-12,15,23H,8,13-14,16H2,(H,27,29)(H,28,30). The monoisotopic (exact) mass is 434 g/mol. The quantitative estimate of drug-likeness (QED) is 0.566. The number of hydrogen-bond acceptors (Lipinski definition) is 3. The maximum Gasteiger partial charge on any atom is 0.258 e. The van der Waals surface area contributed by atoms with E-state index in [2.05, 4.69) is 10.6 Å². The fraction of sp³-hybridized carbons (Fsp3) is 0.200. The van der Waals surface area contributed by atoms with Crippen molar-refractivity contribution in [2.24, 2.45) is 0 Å². The molecule has 31 heavy (non-hydrogen) atoms. The van der Waals surface area contributed by atoms with Crippen molar-refractivity contribution in [3.05, 3.63) is 94.5 Å². The van der Waals surface area contributed by atoms with Crippen molar-refractivity contribution in [3.8, 4) is 5.75 Å². The Morgan fingerprint density at radius 1 is 1.03 bits per heavy atom. The van der Waals surface area contributed by atoms with Crippen LogP contribution < -0.4 is 15.4 Å². The van der Waals surface area contributed by atoms with Crippen molar-refractivity contribution < 1.29 is 14.3 Å². The van der Waals surface area contributed by atoms with Crippen LogP contribution in [0.1, 0.15) is 29.2 Å². The molecule has 4 rings (SSSR count). The maximum absolute atomic E-state index is 12.7. The van der Waals surface area contributed by atoms with Crippen molar-refractivity contribution in [1.82, 2.24) is 5.32 Å². The van der Waals surface area contributed by atoms with Crippen molar-refractivity contribution in [2.75, 3.05) is 11.9 Å². The molecule has 0 fully saturated rings. The van der Waals surface area contributed by atoms with E-state index in [0.29, 0.717) is 30.0 Å². The van der Waals surface area contributed by atoms with Gasteiger partial charge in [0, 0.05) is 17.1 Å². The van der Waals surface area contributed by atoms with E-state index >= 15 is 0 Å². The number of fused-ring (bicyclic) bond motifs is 1. The van der Waals surface area contributed by atoms with Crippen LogP contribution in [-0.4, -0.2) is 18.4 Å². The number of carbonyl (C=O) groups is 2. The number of amides is 2. The Kier molecular flexibility index (Phi) is 6.53. The second-order valence-corrected chi connectivity index (χ2v) is 7.95. The lowest BCUT2D eigenvalue weighted by Crippen LogP contribution is -2.33. The van der Waals surface area contributed by atoms with Crippen LogP contribution in [0.25, 0.3) is 0 Å². The molecule has 3 aromatic carbocycles. The minimum absolute atomic E-state index is 0.0215. The molecule has 1 atom stereocenters. The number of ether oxygens (including phenoxy) is 1. The van der Waals surface area contributed by atoms with E-state index in [-0.39, 0.29) is 24.5 Å². The molecule has 0 radical (unpaired) electrons. The molecule has 1 aliphatic heterocycles. The molecular formula is C25H23ClN2O3. The Balaban J connectivity index is 1.40. The molecule has 2 N–H and O–H groups in total. The summed E-state index contributed by atoms with van der Waals surface area (Å²) in [6.45, 7) is -0.0882. The van der Waals surface area contributed by atoms with Gasteiger partial charge in [-0.2, -0.15) is 0 Å². The molecule has 0 saturated heterocycles. The zero-order valence-electron chi connectivity index (χ0n) is 16.9. The van der Waals surface area contributed by atoms with Gasteiger partial charge in [-0.1, -0.05) is 54.1 Å². The summed E-state index contributed by atoms with van der Waals surface area (Å²) < 4.78 is 5.72. The molecular weight excluding hydrogens is 412 g/mol. The third kappa shape index (κ3) is 5.64. The molecule has 1 unspecified atom stereocenters. The second kappa shape index (κ2) is 9.67. The van der Waals surface area contributed by atoms with E-state index in [9.17, 15) is 9.59 Å². The van der Waals surface area contributed by atoms with Gasteiger partial charge in [-0.05, 0) is 59.9 Å². The van der Waals surface area contributed by atoms with Gasteiger partial charge in [-0.25, -0.2) is 0 Å². The highest BCUT2D eigenvalue weighted by Gasteiger charge is 2.17. The number of benzene rings is 3. The Labute approximate surface area is 186 Å². The highest BCUT2D eigenvalue weighted by molar-refractivity contribution is 6.30. The Hall–Kier alpha value is -3.31. The lowest BCUT2D eigenvalue weighted by molar-refractivity contribution is -0.123. The van der Waals surface area contributed by atoms with Crippen LogP contribution in [0.4, 0.5) is 5.69 Å². The normalized spacial score (nSPS) is 13.6. The molecule has 0 bridgehead atoms. The molecule has 158 valence electrons. The van der Waals surface area contributed by atoms with E-state index < -0.39 is 0 Å². The molecule has 0 spiro atoms. The summed E-state index contributed by atoms with van der Waals surface area (Å²) in [7, 11) is 0. The van der Waals surface area contributed by atoms with Gasteiger partial charge in [0.2, 0.25) is 5.91 Å². The van der Waals surface area contributed by atoms with Gasteiger partial charge >= 0.3 is 0 Å². The van der Waals surface area contributed by atoms with Crippen LogP contribution in [0.3, 0.4) is 0 Å². The SMILES string of the molecule is O=C1CCc2cc(OCC(=O)NC(Cc3ccc(Cl)cc3)c3ccccc3)ccc2N1. The predicted octanol–water partition coefficient (Wildman–Crippen LogP) is 4.70. The lowest BCUT2D eigenvalue weighted by Gasteiger charge is -2.20. The third-order valence-corrected chi connectivity index (χ3v) is 5.48.